The van der Waals surface area contributed by atoms with E-state index in [9.17, 15) is 9.90 Å². The summed E-state index contributed by atoms with van der Waals surface area (Å²) in [4.78, 5) is 12.7. The molecule has 3 rings (SSSR count). The average molecular weight is 313 g/mol. The van der Waals surface area contributed by atoms with Crippen molar-refractivity contribution in [1.29, 1.82) is 0 Å². The van der Waals surface area contributed by atoms with Gasteiger partial charge in [-0.05, 0) is 26.2 Å². The summed E-state index contributed by atoms with van der Waals surface area (Å²) in [5, 5.41) is 13.5. The van der Waals surface area contributed by atoms with Crippen LogP contribution < -0.4 is 5.32 Å². The lowest BCUT2D eigenvalue weighted by molar-refractivity contribution is -0.149. The van der Waals surface area contributed by atoms with E-state index in [2.05, 4.69) is 5.32 Å². The number of amides is 1. The van der Waals surface area contributed by atoms with Crippen LogP contribution in [-0.4, -0.2) is 54.9 Å². The Labute approximate surface area is 131 Å². The van der Waals surface area contributed by atoms with Crippen LogP contribution >= 0.6 is 0 Å². The number of aliphatic hydroxyl groups excluding tert-OH is 1. The van der Waals surface area contributed by atoms with Gasteiger partial charge in [-0.15, -0.1) is 0 Å². The molecule has 6 atom stereocenters. The highest BCUT2D eigenvalue weighted by Crippen LogP contribution is 2.37. The van der Waals surface area contributed by atoms with Gasteiger partial charge in [-0.25, -0.2) is 0 Å². The van der Waals surface area contributed by atoms with Gasteiger partial charge in [0.05, 0.1) is 12.0 Å². The van der Waals surface area contributed by atoms with E-state index in [4.69, 9.17) is 14.2 Å². The molecule has 3 fully saturated rings. The van der Waals surface area contributed by atoms with Crippen LogP contribution in [0.1, 0.15) is 45.4 Å². The molecular weight excluding hydrogens is 286 g/mol. The molecule has 0 aromatic carbocycles. The van der Waals surface area contributed by atoms with E-state index >= 15 is 0 Å². The number of hydrogen-bond donors (Lipinski definition) is 2. The normalized spacial score (nSPS) is 42.9. The Morgan fingerprint density at radius 2 is 1.86 bits per heavy atom. The summed E-state index contributed by atoms with van der Waals surface area (Å²) in [6.45, 7) is 1.79. The number of hydrogen-bond acceptors (Lipinski definition) is 5. The number of fused-ring (bicyclic) bond motifs is 1. The standard InChI is InChI=1S/C16H27NO5/c1-9-21-14-11(8-12(20-2)13(18)15(14)22-9)16(19)17-10-6-4-3-5-7-10/h9-15,18H,3-8H2,1-2H3,(H,17,19)/t9?,11-,12+,13+,14+,15-/m1/s1. The van der Waals surface area contributed by atoms with Crippen LogP contribution in [0.15, 0.2) is 0 Å². The molecule has 126 valence electrons. The topological polar surface area (TPSA) is 77.0 Å². The highest BCUT2D eigenvalue weighted by Gasteiger charge is 2.53. The summed E-state index contributed by atoms with van der Waals surface area (Å²) in [5.74, 6) is -0.321. The Hall–Kier alpha value is -0.690. The second-order valence-electron chi connectivity index (χ2n) is 6.72. The van der Waals surface area contributed by atoms with Crippen LogP contribution in [0.2, 0.25) is 0 Å². The molecule has 6 heteroatoms. The third kappa shape index (κ3) is 3.15. The predicted octanol–water partition coefficient (Wildman–Crippen LogP) is 0.961. The zero-order valence-electron chi connectivity index (χ0n) is 13.4. The van der Waals surface area contributed by atoms with Crippen LogP contribution in [0, 0.1) is 5.92 Å². The lowest BCUT2D eigenvalue weighted by Crippen LogP contribution is -2.57. The molecule has 0 spiro atoms. The van der Waals surface area contributed by atoms with Gasteiger partial charge in [0, 0.05) is 13.2 Å². The number of aliphatic hydroxyl groups is 1. The second-order valence-corrected chi connectivity index (χ2v) is 6.72. The Morgan fingerprint density at radius 3 is 2.55 bits per heavy atom. The molecule has 22 heavy (non-hydrogen) atoms. The molecular formula is C16H27NO5. The molecule has 2 saturated carbocycles. The molecule has 0 aromatic heterocycles. The maximum absolute atomic E-state index is 12.7. The van der Waals surface area contributed by atoms with Crippen molar-refractivity contribution in [1.82, 2.24) is 5.32 Å². The number of ether oxygens (including phenoxy) is 3. The largest absolute Gasteiger partial charge is 0.388 e. The van der Waals surface area contributed by atoms with Crippen LogP contribution in [0.4, 0.5) is 0 Å². The number of methoxy groups -OCH3 is 1. The van der Waals surface area contributed by atoms with Crippen molar-refractivity contribution in [2.24, 2.45) is 5.92 Å². The lowest BCUT2D eigenvalue weighted by Gasteiger charge is -2.39. The van der Waals surface area contributed by atoms with Crippen molar-refractivity contribution >= 4 is 5.91 Å². The summed E-state index contributed by atoms with van der Waals surface area (Å²) in [6.07, 6.45) is 3.76. The Balaban J connectivity index is 1.68. The highest BCUT2D eigenvalue weighted by atomic mass is 16.7. The van der Waals surface area contributed by atoms with Crippen molar-refractivity contribution in [3.8, 4) is 0 Å². The zero-order chi connectivity index (χ0) is 15.7. The summed E-state index contributed by atoms with van der Waals surface area (Å²) in [7, 11) is 1.56. The van der Waals surface area contributed by atoms with E-state index in [1.54, 1.807) is 14.0 Å². The van der Waals surface area contributed by atoms with Gasteiger partial charge in [-0.1, -0.05) is 19.3 Å². The van der Waals surface area contributed by atoms with E-state index in [0.717, 1.165) is 12.8 Å². The van der Waals surface area contributed by atoms with Gasteiger partial charge in [-0.2, -0.15) is 0 Å². The minimum absolute atomic E-state index is 0.00792. The van der Waals surface area contributed by atoms with E-state index in [0.29, 0.717) is 6.42 Å². The third-order valence-corrected chi connectivity index (χ3v) is 5.21. The molecule has 0 aromatic rings. The van der Waals surface area contributed by atoms with Gasteiger partial charge < -0.3 is 24.6 Å². The molecule has 1 unspecified atom stereocenters. The number of carbonyl (C=O) groups excluding carboxylic acids is 1. The molecule has 6 nitrogen and oxygen atoms in total. The molecule has 2 N–H and O–H groups in total. The van der Waals surface area contributed by atoms with Gasteiger partial charge in [0.25, 0.3) is 0 Å². The van der Waals surface area contributed by atoms with Crippen LogP contribution in [0.3, 0.4) is 0 Å². The molecule has 0 radical (unpaired) electrons. The van der Waals surface area contributed by atoms with Crippen molar-refractivity contribution in [3.05, 3.63) is 0 Å². The van der Waals surface area contributed by atoms with Crippen molar-refractivity contribution in [3.63, 3.8) is 0 Å². The van der Waals surface area contributed by atoms with Gasteiger partial charge in [0.15, 0.2) is 6.29 Å². The number of carbonyl (C=O) groups is 1. The number of nitrogens with one attached hydrogen (secondary N) is 1. The van der Waals surface area contributed by atoms with Crippen LogP contribution in [-0.2, 0) is 19.0 Å². The van der Waals surface area contributed by atoms with Crippen molar-refractivity contribution < 1.29 is 24.1 Å². The lowest BCUT2D eigenvalue weighted by atomic mass is 9.80. The molecule has 2 aliphatic carbocycles. The molecule has 0 bridgehead atoms. The first-order valence-electron chi connectivity index (χ1n) is 8.42. The monoisotopic (exact) mass is 313 g/mol. The third-order valence-electron chi connectivity index (χ3n) is 5.21. The second kappa shape index (κ2) is 6.83. The molecule has 1 amide bonds. The molecule has 1 aliphatic heterocycles. The first-order chi connectivity index (χ1) is 10.6. The first kappa shape index (κ1) is 16.2. The Bertz CT molecular complexity index is 398. The fraction of sp³-hybridized carbons (Fsp3) is 0.938. The smallest absolute Gasteiger partial charge is 0.226 e. The van der Waals surface area contributed by atoms with E-state index in [1.165, 1.54) is 19.3 Å². The Morgan fingerprint density at radius 1 is 1.18 bits per heavy atom. The summed E-state index contributed by atoms with van der Waals surface area (Å²) < 4.78 is 16.8. The minimum Gasteiger partial charge on any atom is -0.388 e. The SMILES string of the molecule is CO[C@H]1C[C@@H](C(=O)NC2CCCCC2)[C@@H]2OC(C)O[C@@H]2[C@H]1O. The predicted molar refractivity (Wildman–Crippen MR) is 79.1 cm³/mol. The molecule has 1 saturated heterocycles. The van der Waals surface area contributed by atoms with E-state index in [-0.39, 0.29) is 24.0 Å². The molecule has 1 heterocycles. The summed E-state index contributed by atoms with van der Waals surface area (Å²) >= 11 is 0. The fourth-order valence-corrected chi connectivity index (χ4v) is 4.01. The molecule has 3 aliphatic rings. The minimum atomic E-state index is -0.751. The van der Waals surface area contributed by atoms with E-state index in [1.807, 2.05) is 0 Å². The van der Waals surface area contributed by atoms with Crippen LogP contribution in [0.25, 0.3) is 0 Å². The van der Waals surface area contributed by atoms with Crippen molar-refractivity contribution in [2.75, 3.05) is 7.11 Å². The van der Waals surface area contributed by atoms with Gasteiger partial charge in [0.2, 0.25) is 5.91 Å². The summed E-state index contributed by atoms with van der Waals surface area (Å²) in [6, 6.07) is 0.271. The fourth-order valence-electron chi connectivity index (χ4n) is 4.01. The first-order valence-corrected chi connectivity index (χ1v) is 8.42. The Kier molecular flexibility index (Phi) is 5.02. The van der Waals surface area contributed by atoms with Crippen LogP contribution in [0.5, 0.6) is 0 Å². The summed E-state index contributed by atoms with van der Waals surface area (Å²) in [5.41, 5.74) is 0. The quantitative estimate of drug-likeness (QED) is 0.811. The van der Waals surface area contributed by atoms with Gasteiger partial charge >= 0.3 is 0 Å². The number of rotatable bonds is 3. The zero-order valence-corrected chi connectivity index (χ0v) is 13.4. The maximum atomic E-state index is 12.7. The maximum Gasteiger partial charge on any atom is 0.226 e. The van der Waals surface area contributed by atoms with E-state index < -0.39 is 24.6 Å². The van der Waals surface area contributed by atoms with Gasteiger partial charge in [-0.3, -0.25) is 4.79 Å². The van der Waals surface area contributed by atoms with Crippen molar-refractivity contribution in [2.45, 2.75) is 82.2 Å². The average Bonchev–Trinajstić information content (AvgIpc) is 2.91. The van der Waals surface area contributed by atoms with Gasteiger partial charge in [0.1, 0.15) is 18.3 Å². The highest BCUT2D eigenvalue weighted by molar-refractivity contribution is 5.80.